The normalized spacial score (nSPS) is 12.4. The fraction of sp³-hybridized carbons (Fsp3) is 0.267. The summed E-state index contributed by atoms with van der Waals surface area (Å²) in [5.41, 5.74) is 2.06. The van der Waals surface area contributed by atoms with Crippen molar-refractivity contribution in [2.45, 2.75) is 25.9 Å². The van der Waals surface area contributed by atoms with Crippen molar-refractivity contribution in [3.05, 3.63) is 64.2 Å². The molecule has 0 spiro atoms. The molecular formula is C15H15ClFNO. The van der Waals surface area contributed by atoms with Crippen molar-refractivity contribution in [2.24, 2.45) is 0 Å². The average molecular weight is 280 g/mol. The van der Waals surface area contributed by atoms with Gasteiger partial charge in [-0.05, 0) is 24.1 Å². The number of aliphatic hydroxyl groups is 1. The van der Waals surface area contributed by atoms with Crippen LogP contribution in [0.1, 0.15) is 29.8 Å². The minimum Gasteiger partial charge on any atom is -0.388 e. The summed E-state index contributed by atoms with van der Waals surface area (Å²) >= 11 is 5.70. The first-order chi connectivity index (χ1) is 9.11. The topological polar surface area (TPSA) is 33.1 Å². The highest BCUT2D eigenvalue weighted by molar-refractivity contribution is 6.30. The maximum absolute atomic E-state index is 13.8. The molecule has 0 saturated carbocycles. The highest BCUT2D eigenvalue weighted by atomic mass is 35.5. The van der Waals surface area contributed by atoms with Gasteiger partial charge in [-0.2, -0.15) is 0 Å². The summed E-state index contributed by atoms with van der Waals surface area (Å²) in [6.07, 6.45) is 2.01. The van der Waals surface area contributed by atoms with Gasteiger partial charge < -0.3 is 5.11 Å². The number of aliphatic hydroxyl groups excluding tert-OH is 1. The van der Waals surface area contributed by atoms with Crippen LogP contribution >= 0.6 is 11.6 Å². The van der Waals surface area contributed by atoms with Crippen LogP contribution < -0.4 is 0 Å². The Bertz CT molecular complexity index is 557. The van der Waals surface area contributed by atoms with Gasteiger partial charge >= 0.3 is 0 Å². The molecule has 0 aliphatic rings. The Morgan fingerprint density at radius 2 is 2.11 bits per heavy atom. The van der Waals surface area contributed by atoms with E-state index in [0.717, 1.165) is 17.7 Å². The van der Waals surface area contributed by atoms with Gasteiger partial charge in [0.1, 0.15) is 5.82 Å². The number of pyridine rings is 1. The van der Waals surface area contributed by atoms with Crippen LogP contribution in [0.15, 0.2) is 36.5 Å². The molecule has 4 heteroatoms. The fourth-order valence-corrected chi connectivity index (χ4v) is 2.05. The van der Waals surface area contributed by atoms with Gasteiger partial charge in [-0.3, -0.25) is 4.98 Å². The van der Waals surface area contributed by atoms with Crippen LogP contribution in [0, 0.1) is 5.82 Å². The third-order valence-corrected chi connectivity index (χ3v) is 3.33. The molecule has 19 heavy (non-hydrogen) atoms. The Morgan fingerprint density at radius 1 is 1.32 bits per heavy atom. The van der Waals surface area contributed by atoms with E-state index in [1.807, 2.05) is 19.1 Å². The molecule has 1 atom stereocenters. The molecule has 0 saturated heterocycles. The second kappa shape index (κ2) is 6.13. The molecule has 0 fully saturated rings. The molecule has 2 aromatic rings. The summed E-state index contributed by atoms with van der Waals surface area (Å²) in [6.45, 7) is 2.05. The SMILES string of the molecule is CCc1ccc(CC(O)c2cccc(Cl)c2F)nc1. The Labute approximate surface area is 116 Å². The Kier molecular flexibility index (Phi) is 4.51. The van der Waals surface area contributed by atoms with Crippen LogP contribution in [0.2, 0.25) is 5.02 Å². The molecular weight excluding hydrogens is 265 g/mol. The molecule has 1 heterocycles. The zero-order chi connectivity index (χ0) is 13.8. The van der Waals surface area contributed by atoms with Gasteiger partial charge in [0, 0.05) is 23.9 Å². The molecule has 0 aliphatic heterocycles. The van der Waals surface area contributed by atoms with Crippen LogP contribution in [0.5, 0.6) is 0 Å². The quantitative estimate of drug-likeness (QED) is 0.925. The van der Waals surface area contributed by atoms with Crippen LogP contribution in [0.3, 0.4) is 0 Å². The van der Waals surface area contributed by atoms with Crippen molar-refractivity contribution in [3.8, 4) is 0 Å². The van der Waals surface area contributed by atoms with Gasteiger partial charge in [0.15, 0.2) is 0 Å². The lowest BCUT2D eigenvalue weighted by molar-refractivity contribution is 0.172. The average Bonchev–Trinajstić information content (AvgIpc) is 2.42. The molecule has 1 aromatic carbocycles. The number of aromatic nitrogens is 1. The lowest BCUT2D eigenvalue weighted by Gasteiger charge is -2.12. The third-order valence-electron chi connectivity index (χ3n) is 3.04. The van der Waals surface area contributed by atoms with Crippen molar-refractivity contribution in [1.82, 2.24) is 4.98 Å². The van der Waals surface area contributed by atoms with E-state index in [4.69, 9.17) is 11.6 Å². The minimum absolute atomic E-state index is 0.0193. The smallest absolute Gasteiger partial charge is 0.147 e. The van der Waals surface area contributed by atoms with E-state index in [1.54, 1.807) is 12.3 Å². The molecule has 0 radical (unpaired) electrons. The maximum atomic E-state index is 13.8. The monoisotopic (exact) mass is 279 g/mol. The molecule has 100 valence electrons. The predicted octanol–water partition coefficient (Wildman–Crippen LogP) is 3.71. The van der Waals surface area contributed by atoms with Crippen LogP contribution in [0.4, 0.5) is 4.39 Å². The van der Waals surface area contributed by atoms with Crippen molar-refractivity contribution >= 4 is 11.6 Å². The fourth-order valence-electron chi connectivity index (χ4n) is 1.87. The summed E-state index contributed by atoms with van der Waals surface area (Å²) in [4.78, 5) is 4.25. The Morgan fingerprint density at radius 3 is 2.74 bits per heavy atom. The highest BCUT2D eigenvalue weighted by Gasteiger charge is 2.15. The van der Waals surface area contributed by atoms with Crippen molar-refractivity contribution in [3.63, 3.8) is 0 Å². The summed E-state index contributed by atoms with van der Waals surface area (Å²) in [7, 11) is 0. The minimum atomic E-state index is -0.946. The van der Waals surface area contributed by atoms with Gasteiger partial charge in [-0.1, -0.05) is 36.7 Å². The van der Waals surface area contributed by atoms with Gasteiger partial charge in [0.05, 0.1) is 11.1 Å². The van der Waals surface area contributed by atoms with Gasteiger partial charge in [-0.15, -0.1) is 0 Å². The summed E-state index contributed by atoms with van der Waals surface area (Å²) in [5, 5.41) is 10.1. The Hall–Kier alpha value is -1.45. The van der Waals surface area contributed by atoms with E-state index in [9.17, 15) is 9.50 Å². The third kappa shape index (κ3) is 3.31. The van der Waals surface area contributed by atoms with E-state index in [0.29, 0.717) is 0 Å². The number of benzene rings is 1. The molecule has 1 unspecified atom stereocenters. The van der Waals surface area contributed by atoms with Crippen molar-refractivity contribution in [2.75, 3.05) is 0 Å². The number of rotatable bonds is 4. The van der Waals surface area contributed by atoms with Crippen molar-refractivity contribution < 1.29 is 9.50 Å². The zero-order valence-corrected chi connectivity index (χ0v) is 11.4. The predicted molar refractivity (Wildman–Crippen MR) is 73.7 cm³/mol. The van der Waals surface area contributed by atoms with Crippen LogP contribution in [0.25, 0.3) is 0 Å². The number of halogens is 2. The summed E-state index contributed by atoms with van der Waals surface area (Å²) in [6, 6.07) is 8.43. The first kappa shape index (κ1) is 14.0. The summed E-state index contributed by atoms with van der Waals surface area (Å²) < 4.78 is 13.8. The molecule has 0 amide bonds. The van der Waals surface area contributed by atoms with Gasteiger partial charge in [0.2, 0.25) is 0 Å². The van der Waals surface area contributed by atoms with Crippen LogP contribution in [-0.4, -0.2) is 10.1 Å². The van der Waals surface area contributed by atoms with E-state index < -0.39 is 11.9 Å². The second-order valence-corrected chi connectivity index (χ2v) is 4.78. The molecule has 0 aliphatic carbocycles. The molecule has 0 bridgehead atoms. The van der Waals surface area contributed by atoms with E-state index in [-0.39, 0.29) is 17.0 Å². The van der Waals surface area contributed by atoms with E-state index in [2.05, 4.69) is 4.98 Å². The molecule has 1 aromatic heterocycles. The number of hydrogen-bond acceptors (Lipinski definition) is 2. The molecule has 2 nitrogen and oxygen atoms in total. The largest absolute Gasteiger partial charge is 0.388 e. The lowest BCUT2D eigenvalue weighted by atomic mass is 10.0. The first-order valence-corrected chi connectivity index (χ1v) is 6.55. The number of hydrogen-bond donors (Lipinski definition) is 1. The van der Waals surface area contributed by atoms with Gasteiger partial charge in [0.25, 0.3) is 0 Å². The van der Waals surface area contributed by atoms with E-state index in [1.165, 1.54) is 12.1 Å². The van der Waals surface area contributed by atoms with Crippen molar-refractivity contribution in [1.29, 1.82) is 0 Å². The number of aryl methyl sites for hydroxylation is 1. The lowest BCUT2D eigenvalue weighted by Crippen LogP contribution is -2.06. The standard InChI is InChI=1S/C15H15ClFNO/c1-2-10-6-7-11(18-9-10)8-14(19)12-4-3-5-13(16)15(12)17/h3-7,9,14,19H,2,8H2,1H3. The zero-order valence-electron chi connectivity index (χ0n) is 10.6. The summed E-state index contributed by atoms with van der Waals surface area (Å²) in [5.74, 6) is -0.568. The first-order valence-electron chi connectivity index (χ1n) is 6.17. The highest BCUT2D eigenvalue weighted by Crippen LogP contribution is 2.25. The van der Waals surface area contributed by atoms with Crippen LogP contribution in [-0.2, 0) is 12.8 Å². The maximum Gasteiger partial charge on any atom is 0.147 e. The number of nitrogens with zero attached hydrogens (tertiary/aromatic N) is 1. The Balaban J connectivity index is 2.15. The molecule has 1 N–H and O–H groups in total. The van der Waals surface area contributed by atoms with Gasteiger partial charge in [-0.25, -0.2) is 4.39 Å². The molecule has 2 rings (SSSR count). The van der Waals surface area contributed by atoms with E-state index >= 15 is 0 Å². The second-order valence-electron chi connectivity index (χ2n) is 4.37.